The third-order valence-electron chi connectivity index (χ3n) is 9.14. The third-order valence-corrected chi connectivity index (χ3v) is 10.1. The van der Waals surface area contributed by atoms with Crippen LogP contribution in [0.15, 0.2) is 15.7 Å². The molecule has 5 rings (SSSR count). The lowest BCUT2D eigenvalue weighted by molar-refractivity contribution is -0.160. The summed E-state index contributed by atoms with van der Waals surface area (Å²) in [4.78, 5) is 13.1. The van der Waals surface area contributed by atoms with Crippen LogP contribution in [0.25, 0.3) is 0 Å². The molecule has 28 heavy (non-hydrogen) atoms. The number of hydrazone groups is 1. The number of nitrogens with one attached hydrogen (secondary N) is 1. The first-order chi connectivity index (χ1) is 13.3. The summed E-state index contributed by atoms with van der Waals surface area (Å²) in [6.45, 7) is 6.53. The molecule has 0 saturated heterocycles. The number of hydrogen-bond acceptors (Lipinski definition) is 6. The van der Waals surface area contributed by atoms with E-state index >= 15 is 0 Å². The minimum absolute atomic E-state index is 0.113. The standard InChI is InChI=1S/C22H33N3O2S/c1-12(26)27-19-7-6-15-14-5-4-13-10-17-18(28-20(23)25-24-17)11-22(13,3)16(14)8-9-21(15,19)2/h13-16,19,24H,4-11H2,1-3H3,(H2,23,25)/t13-,14-,15-,16-,19-,21-,22-/m0/s1. The van der Waals surface area contributed by atoms with Gasteiger partial charge in [-0.3, -0.25) is 10.2 Å². The Bertz CT molecular complexity index is 765. The number of allylic oxidation sites excluding steroid dienone is 2. The number of nitrogens with two attached hydrogens (primary N) is 1. The Morgan fingerprint density at radius 1 is 1.18 bits per heavy atom. The number of esters is 1. The van der Waals surface area contributed by atoms with Gasteiger partial charge in [0.2, 0.25) is 0 Å². The van der Waals surface area contributed by atoms with E-state index in [1.807, 2.05) is 0 Å². The van der Waals surface area contributed by atoms with Gasteiger partial charge in [0, 0.05) is 22.9 Å². The Labute approximate surface area is 172 Å². The lowest BCUT2D eigenvalue weighted by Crippen LogP contribution is -2.54. The van der Waals surface area contributed by atoms with Gasteiger partial charge < -0.3 is 10.5 Å². The minimum atomic E-state index is -0.113. The van der Waals surface area contributed by atoms with Crippen molar-refractivity contribution in [1.82, 2.24) is 5.43 Å². The first-order valence-corrected chi connectivity index (χ1v) is 11.8. The van der Waals surface area contributed by atoms with Gasteiger partial charge in [0.25, 0.3) is 0 Å². The average Bonchev–Trinajstić information content (AvgIpc) is 2.95. The highest BCUT2D eigenvalue weighted by Crippen LogP contribution is 2.67. The van der Waals surface area contributed by atoms with Crippen molar-refractivity contribution in [2.75, 3.05) is 0 Å². The molecule has 1 aliphatic heterocycles. The number of fused-ring (bicyclic) bond motifs is 5. The predicted octanol–water partition coefficient (Wildman–Crippen LogP) is 4.35. The molecule has 154 valence electrons. The van der Waals surface area contributed by atoms with Crippen LogP contribution in [-0.2, 0) is 9.53 Å². The molecule has 0 spiro atoms. The fourth-order valence-electron chi connectivity index (χ4n) is 7.78. The number of nitrogens with zero attached hydrogens (tertiary/aromatic N) is 1. The summed E-state index contributed by atoms with van der Waals surface area (Å²) in [5, 5.41) is 4.89. The Morgan fingerprint density at radius 2 is 1.96 bits per heavy atom. The molecule has 3 N–H and O–H groups in total. The lowest BCUT2D eigenvalue weighted by atomic mass is 9.45. The molecule has 3 saturated carbocycles. The van der Waals surface area contributed by atoms with Gasteiger partial charge in [-0.05, 0) is 80.5 Å². The topological polar surface area (TPSA) is 76.7 Å². The third kappa shape index (κ3) is 2.66. The van der Waals surface area contributed by atoms with Crippen LogP contribution in [0.4, 0.5) is 0 Å². The van der Waals surface area contributed by atoms with E-state index in [0.29, 0.717) is 16.5 Å². The number of thioether (sulfide) groups is 1. The zero-order chi connectivity index (χ0) is 19.7. The molecule has 6 heteroatoms. The molecule has 0 bridgehead atoms. The summed E-state index contributed by atoms with van der Waals surface area (Å²) in [5.41, 5.74) is 11.1. The van der Waals surface area contributed by atoms with Crippen LogP contribution in [0.1, 0.15) is 72.1 Å². The fourth-order valence-corrected chi connectivity index (χ4v) is 8.76. The predicted molar refractivity (Wildman–Crippen MR) is 112 cm³/mol. The zero-order valence-corrected chi connectivity index (χ0v) is 18.1. The fraction of sp³-hybridized carbons (Fsp3) is 0.818. The van der Waals surface area contributed by atoms with E-state index < -0.39 is 0 Å². The van der Waals surface area contributed by atoms with Crippen LogP contribution in [0.2, 0.25) is 0 Å². The first-order valence-electron chi connectivity index (χ1n) is 11.0. The van der Waals surface area contributed by atoms with Gasteiger partial charge in [-0.15, -0.1) is 0 Å². The number of hydrogen-bond donors (Lipinski definition) is 2. The van der Waals surface area contributed by atoms with Gasteiger partial charge in [-0.1, -0.05) is 25.6 Å². The molecular weight excluding hydrogens is 370 g/mol. The highest BCUT2D eigenvalue weighted by atomic mass is 32.2. The van der Waals surface area contributed by atoms with E-state index in [2.05, 4.69) is 24.4 Å². The van der Waals surface area contributed by atoms with Crippen LogP contribution in [0, 0.1) is 34.5 Å². The maximum atomic E-state index is 11.6. The summed E-state index contributed by atoms with van der Waals surface area (Å²) in [6, 6.07) is 0. The van der Waals surface area contributed by atoms with Crippen LogP contribution in [-0.4, -0.2) is 17.2 Å². The monoisotopic (exact) mass is 403 g/mol. The molecule has 0 unspecified atom stereocenters. The van der Waals surface area contributed by atoms with Crippen molar-refractivity contribution in [1.29, 1.82) is 0 Å². The van der Waals surface area contributed by atoms with Crippen molar-refractivity contribution >= 4 is 22.9 Å². The van der Waals surface area contributed by atoms with Gasteiger partial charge in [0.1, 0.15) is 6.10 Å². The Kier molecular flexibility index (Phi) is 4.31. The quantitative estimate of drug-likeness (QED) is 0.637. The van der Waals surface area contributed by atoms with Crippen LogP contribution in [0.5, 0.6) is 0 Å². The molecule has 7 atom stereocenters. The molecule has 0 amide bonds. The van der Waals surface area contributed by atoms with E-state index in [4.69, 9.17) is 10.5 Å². The SMILES string of the molecule is CC(=O)O[C@H]1CC[C@H]2[C@@H]3CC[C@H]4CC5=C(C[C@]4(C)[C@H]3CC[C@]12C)SC(N)=NN5. The summed E-state index contributed by atoms with van der Waals surface area (Å²) in [6.07, 6.45) is 9.76. The normalized spacial score (nSPS) is 47.1. The van der Waals surface area contributed by atoms with Crippen molar-refractivity contribution in [3.8, 4) is 0 Å². The second kappa shape index (κ2) is 6.41. The molecule has 0 aromatic heterocycles. The van der Waals surface area contributed by atoms with Crippen molar-refractivity contribution in [3.63, 3.8) is 0 Å². The van der Waals surface area contributed by atoms with Gasteiger partial charge in [-0.2, -0.15) is 5.10 Å². The molecule has 4 aliphatic carbocycles. The van der Waals surface area contributed by atoms with Crippen molar-refractivity contribution < 1.29 is 9.53 Å². The summed E-state index contributed by atoms with van der Waals surface area (Å²) >= 11 is 1.68. The van der Waals surface area contributed by atoms with Crippen molar-refractivity contribution in [3.05, 3.63) is 10.6 Å². The molecule has 5 aliphatic rings. The molecule has 0 aromatic rings. The van der Waals surface area contributed by atoms with E-state index in [0.717, 1.165) is 37.0 Å². The van der Waals surface area contributed by atoms with Gasteiger partial charge in [0.15, 0.2) is 5.17 Å². The second-order valence-electron chi connectivity index (χ2n) is 10.3. The van der Waals surface area contributed by atoms with Gasteiger partial charge in [-0.25, -0.2) is 0 Å². The van der Waals surface area contributed by atoms with Gasteiger partial charge in [0.05, 0.1) is 0 Å². The smallest absolute Gasteiger partial charge is 0.302 e. The van der Waals surface area contributed by atoms with Crippen LogP contribution in [0.3, 0.4) is 0 Å². The largest absolute Gasteiger partial charge is 0.462 e. The number of ether oxygens (including phenoxy) is 1. The first kappa shape index (κ1) is 18.8. The van der Waals surface area contributed by atoms with Crippen molar-refractivity contribution in [2.24, 2.45) is 45.3 Å². The van der Waals surface area contributed by atoms with E-state index in [9.17, 15) is 4.79 Å². The Balaban J connectivity index is 1.41. The molecular formula is C22H33N3O2S. The van der Waals surface area contributed by atoms with E-state index in [-0.39, 0.29) is 17.5 Å². The number of amidine groups is 1. The Hall–Kier alpha value is -1.17. The minimum Gasteiger partial charge on any atom is -0.462 e. The van der Waals surface area contributed by atoms with E-state index in [1.165, 1.54) is 42.7 Å². The molecule has 1 heterocycles. The Morgan fingerprint density at radius 3 is 2.75 bits per heavy atom. The zero-order valence-electron chi connectivity index (χ0n) is 17.3. The highest BCUT2D eigenvalue weighted by molar-refractivity contribution is 8.17. The number of rotatable bonds is 1. The second-order valence-corrected chi connectivity index (χ2v) is 11.4. The maximum absolute atomic E-state index is 11.6. The summed E-state index contributed by atoms with van der Waals surface area (Å²) < 4.78 is 5.79. The van der Waals surface area contributed by atoms with Gasteiger partial charge >= 0.3 is 5.97 Å². The number of carbonyl (C=O) groups excluding carboxylic acids is 1. The van der Waals surface area contributed by atoms with E-state index in [1.54, 1.807) is 18.7 Å². The molecule has 0 aromatic carbocycles. The van der Waals surface area contributed by atoms with Crippen molar-refractivity contribution in [2.45, 2.75) is 78.2 Å². The summed E-state index contributed by atoms with van der Waals surface area (Å²) in [7, 11) is 0. The average molecular weight is 404 g/mol. The lowest BCUT2D eigenvalue weighted by Gasteiger charge is -2.60. The molecule has 3 fully saturated rings. The molecule has 0 radical (unpaired) electrons. The maximum Gasteiger partial charge on any atom is 0.302 e. The van der Waals surface area contributed by atoms with Crippen LogP contribution < -0.4 is 11.2 Å². The van der Waals surface area contributed by atoms with Crippen LogP contribution >= 0.6 is 11.8 Å². The summed E-state index contributed by atoms with van der Waals surface area (Å²) in [5.74, 6) is 2.88. The molecule has 5 nitrogen and oxygen atoms in total. The number of carbonyl (C=O) groups is 1. The highest BCUT2D eigenvalue weighted by Gasteiger charge is 2.61.